The topological polar surface area (TPSA) is 68.1 Å². The van der Waals surface area contributed by atoms with Gasteiger partial charge in [0.25, 0.3) is 5.56 Å². The molecule has 1 aromatic carbocycles. The van der Waals surface area contributed by atoms with Crippen LogP contribution in [0.3, 0.4) is 0 Å². The number of hydrogen-bond acceptors (Lipinski definition) is 3. The highest BCUT2D eigenvalue weighted by Gasteiger charge is 2.07. The van der Waals surface area contributed by atoms with Crippen LogP contribution in [0.2, 0.25) is 5.02 Å². The second kappa shape index (κ2) is 5.42. The van der Waals surface area contributed by atoms with E-state index in [0.717, 1.165) is 17.4 Å². The molecule has 0 saturated heterocycles. The average Bonchev–Trinajstić information content (AvgIpc) is 2.36. The molecule has 1 aromatic heterocycles. The minimum atomic E-state index is -0.0859. The third kappa shape index (κ3) is 2.49. The fraction of sp³-hybridized carbons (Fsp3) is 0.308. The van der Waals surface area contributed by atoms with Gasteiger partial charge in [-0.1, -0.05) is 11.6 Å². The molecule has 2 rings (SSSR count). The zero-order chi connectivity index (χ0) is 13.1. The number of nitrogens with one attached hydrogen (secondary N) is 1. The summed E-state index contributed by atoms with van der Waals surface area (Å²) in [7, 11) is 1.56. The Bertz CT molecular complexity index is 622. The lowest BCUT2D eigenvalue weighted by Crippen LogP contribution is -2.13. The summed E-state index contributed by atoms with van der Waals surface area (Å²) in [4.78, 5) is 14.7. The summed E-state index contributed by atoms with van der Waals surface area (Å²) in [6.07, 6.45) is 1.46. The van der Waals surface area contributed by atoms with Gasteiger partial charge in [0.15, 0.2) is 0 Å². The van der Waals surface area contributed by atoms with Crippen molar-refractivity contribution in [2.24, 2.45) is 5.73 Å². The second-order valence-corrected chi connectivity index (χ2v) is 4.50. The van der Waals surface area contributed by atoms with Gasteiger partial charge < -0.3 is 15.5 Å². The maximum Gasteiger partial charge on any atom is 0.251 e. The largest absolute Gasteiger partial charge is 0.495 e. The Hall–Kier alpha value is -1.52. The number of aromatic amines is 1. The van der Waals surface area contributed by atoms with Crippen molar-refractivity contribution in [2.75, 3.05) is 13.7 Å². The Labute approximate surface area is 110 Å². The smallest absolute Gasteiger partial charge is 0.251 e. The van der Waals surface area contributed by atoms with Crippen LogP contribution >= 0.6 is 11.6 Å². The predicted octanol–water partition coefficient (Wildman–Crippen LogP) is 2.08. The zero-order valence-electron chi connectivity index (χ0n) is 10.1. The van der Waals surface area contributed by atoms with Gasteiger partial charge in [-0.05, 0) is 37.6 Å². The summed E-state index contributed by atoms with van der Waals surface area (Å²) in [6, 6.07) is 5.38. The molecule has 96 valence electrons. The van der Waals surface area contributed by atoms with E-state index in [9.17, 15) is 4.79 Å². The van der Waals surface area contributed by atoms with Gasteiger partial charge in [-0.2, -0.15) is 0 Å². The van der Waals surface area contributed by atoms with Crippen LogP contribution in [0.1, 0.15) is 12.0 Å². The number of methoxy groups -OCH3 is 1. The van der Waals surface area contributed by atoms with Crippen molar-refractivity contribution >= 4 is 22.5 Å². The number of aromatic nitrogens is 1. The maximum atomic E-state index is 11.8. The van der Waals surface area contributed by atoms with Gasteiger partial charge in [0.1, 0.15) is 5.75 Å². The van der Waals surface area contributed by atoms with Crippen molar-refractivity contribution in [1.82, 2.24) is 4.98 Å². The number of nitrogens with two attached hydrogens (primary N) is 1. The number of aryl methyl sites for hydroxylation is 1. The number of rotatable bonds is 4. The number of ether oxygens (including phenoxy) is 1. The number of halogens is 1. The van der Waals surface area contributed by atoms with E-state index in [-0.39, 0.29) is 5.56 Å². The van der Waals surface area contributed by atoms with Crippen LogP contribution in [0.25, 0.3) is 10.9 Å². The quantitative estimate of drug-likeness (QED) is 0.890. The first-order valence-corrected chi connectivity index (χ1v) is 6.13. The molecular weight excluding hydrogens is 252 g/mol. The van der Waals surface area contributed by atoms with Crippen molar-refractivity contribution in [1.29, 1.82) is 0 Å². The van der Waals surface area contributed by atoms with Crippen LogP contribution in [0.15, 0.2) is 23.0 Å². The van der Waals surface area contributed by atoms with Gasteiger partial charge in [0.2, 0.25) is 0 Å². The molecule has 0 bridgehead atoms. The van der Waals surface area contributed by atoms with Gasteiger partial charge in [0, 0.05) is 10.9 Å². The maximum absolute atomic E-state index is 11.8. The Morgan fingerprint density at radius 3 is 2.83 bits per heavy atom. The van der Waals surface area contributed by atoms with Crippen molar-refractivity contribution in [3.63, 3.8) is 0 Å². The molecule has 0 radical (unpaired) electrons. The fourth-order valence-corrected chi connectivity index (χ4v) is 2.13. The van der Waals surface area contributed by atoms with Crippen LogP contribution < -0.4 is 16.0 Å². The second-order valence-electron chi connectivity index (χ2n) is 4.09. The van der Waals surface area contributed by atoms with E-state index in [1.54, 1.807) is 13.2 Å². The molecule has 0 amide bonds. The first kappa shape index (κ1) is 12.9. The van der Waals surface area contributed by atoms with Gasteiger partial charge in [0.05, 0.1) is 17.6 Å². The molecule has 0 fully saturated rings. The third-order valence-electron chi connectivity index (χ3n) is 2.84. The lowest BCUT2D eigenvalue weighted by Gasteiger charge is -2.07. The zero-order valence-corrected chi connectivity index (χ0v) is 10.9. The number of pyridine rings is 1. The Morgan fingerprint density at radius 1 is 1.39 bits per heavy atom. The highest BCUT2D eigenvalue weighted by Crippen LogP contribution is 2.28. The van der Waals surface area contributed by atoms with Gasteiger partial charge in [-0.3, -0.25) is 4.79 Å². The Kier molecular flexibility index (Phi) is 3.89. The minimum Gasteiger partial charge on any atom is -0.495 e. The summed E-state index contributed by atoms with van der Waals surface area (Å²) >= 11 is 6.02. The summed E-state index contributed by atoms with van der Waals surface area (Å²) < 4.78 is 5.16. The molecule has 2 aromatic rings. The normalized spacial score (nSPS) is 10.8. The number of hydrogen-bond donors (Lipinski definition) is 2. The SMILES string of the molecule is COc1cc2cc(CCCN)c(=O)[nH]c2cc1Cl. The van der Waals surface area contributed by atoms with Crippen molar-refractivity contribution in [3.05, 3.63) is 39.1 Å². The van der Waals surface area contributed by atoms with E-state index in [1.165, 1.54) is 0 Å². The molecular formula is C13H15ClN2O2. The Balaban J connectivity index is 2.55. The van der Waals surface area contributed by atoms with Crippen molar-refractivity contribution in [3.8, 4) is 5.75 Å². The minimum absolute atomic E-state index is 0.0859. The van der Waals surface area contributed by atoms with Crippen LogP contribution in [-0.4, -0.2) is 18.6 Å². The predicted molar refractivity (Wildman–Crippen MR) is 73.5 cm³/mol. The van der Waals surface area contributed by atoms with E-state index in [0.29, 0.717) is 29.3 Å². The molecule has 0 saturated carbocycles. The number of H-pyrrole nitrogens is 1. The fourth-order valence-electron chi connectivity index (χ4n) is 1.89. The van der Waals surface area contributed by atoms with E-state index in [1.807, 2.05) is 12.1 Å². The molecule has 18 heavy (non-hydrogen) atoms. The molecule has 0 aliphatic rings. The number of fused-ring (bicyclic) bond motifs is 1. The van der Waals surface area contributed by atoms with E-state index in [4.69, 9.17) is 22.1 Å². The first-order chi connectivity index (χ1) is 8.65. The third-order valence-corrected chi connectivity index (χ3v) is 3.14. The van der Waals surface area contributed by atoms with Crippen LogP contribution in [0.4, 0.5) is 0 Å². The Morgan fingerprint density at radius 2 is 2.17 bits per heavy atom. The summed E-state index contributed by atoms with van der Waals surface area (Å²) in [6.45, 7) is 0.571. The standard InChI is InChI=1S/C13H15ClN2O2/c1-18-12-6-9-5-8(3-2-4-15)13(17)16-11(9)7-10(12)14/h5-7H,2-4,15H2,1H3,(H,16,17). The molecule has 0 unspecified atom stereocenters. The molecule has 3 N–H and O–H groups in total. The van der Waals surface area contributed by atoms with Gasteiger partial charge in [-0.15, -0.1) is 0 Å². The molecule has 0 atom stereocenters. The lowest BCUT2D eigenvalue weighted by molar-refractivity contribution is 0.415. The van der Waals surface area contributed by atoms with Crippen LogP contribution in [0.5, 0.6) is 5.75 Å². The van der Waals surface area contributed by atoms with Gasteiger partial charge >= 0.3 is 0 Å². The van der Waals surface area contributed by atoms with E-state index in [2.05, 4.69) is 4.98 Å². The monoisotopic (exact) mass is 266 g/mol. The van der Waals surface area contributed by atoms with E-state index >= 15 is 0 Å². The first-order valence-electron chi connectivity index (χ1n) is 5.75. The molecule has 0 aliphatic heterocycles. The molecule has 1 heterocycles. The number of benzene rings is 1. The lowest BCUT2D eigenvalue weighted by atomic mass is 10.1. The summed E-state index contributed by atoms with van der Waals surface area (Å²) in [5.41, 5.74) is 6.81. The average molecular weight is 267 g/mol. The van der Waals surface area contributed by atoms with Gasteiger partial charge in [-0.25, -0.2) is 0 Å². The highest BCUT2D eigenvalue weighted by molar-refractivity contribution is 6.32. The molecule has 4 nitrogen and oxygen atoms in total. The molecule has 5 heteroatoms. The molecule has 0 aliphatic carbocycles. The van der Waals surface area contributed by atoms with Crippen LogP contribution in [-0.2, 0) is 6.42 Å². The van der Waals surface area contributed by atoms with Crippen molar-refractivity contribution < 1.29 is 4.74 Å². The van der Waals surface area contributed by atoms with E-state index < -0.39 is 0 Å². The molecule has 0 spiro atoms. The summed E-state index contributed by atoms with van der Waals surface area (Å²) in [5, 5.41) is 1.39. The summed E-state index contributed by atoms with van der Waals surface area (Å²) in [5.74, 6) is 0.598. The van der Waals surface area contributed by atoms with Crippen LogP contribution in [0, 0.1) is 0 Å². The highest BCUT2D eigenvalue weighted by atomic mass is 35.5. The van der Waals surface area contributed by atoms with Crippen molar-refractivity contribution in [2.45, 2.75) is 12.8 Å².